The lowest BCUT2D eigenvalue weighted by Crippen LogP contribution is -2.48. The van der Waals surface area contributed by atoms with Gasteiger partial charge in [-0.25, -0.2) is 0 Å². The van der Waals surface area contributed by atoms with Crippen LogP contribution in [0.25, 0.3) is 0 Å². The summed E-state index contributed by atoms with van der Waals surface area (Å²) >= 11 is 0. The van der Waals surface area contributed by atoms with Crippen molar-refractivity contribution in [3.05, 3.63) is 0 Å². The summed E-state index contributed by atoms with van der Waals surface area (Å²) in [6.45, 7) is 5.43. The smallest absolute Gasteiger partial charge is 0.191 e. The zero-order valence-electron chi connectivity index (χ0n) is 15.1. The van der Waals surface area contributed by atoms with Crippen LogP contribution in [0.1, 0.15) is 65.2 Å². The fourth-order valence-electron chi connectivity index (χ4n) is 4.06. The molecule has 4 nitrogen and oxygen atoms in total. The minimum Gasteiger partial charge on any atom is -0.356 e. The molecule has 0 aromatic heterocycles. The van der Waals surface area contributed by atoms with Gasteiger partial charge in [-0.15, -0.1) is 0 Å². The molecule has 2 fully saturated rings. The third-order valence-corrected chi connectivity index (χ3v) is 7.41. The van der Waals surface area contributed by atoms with Crippen LogP contribution in [0.2, 0.25) is 0 Å². The number of rotatable bonds is 5. The molecular formula is C18H35N3OS. The maximum absolute atomic E-state index is 12.1. The quantitative estimate of drug-likeness (QED) is 0.597. The van der Waals surface area contributed by atoms with Gasteiger partial charge in [-0.1, -0.05) is 39.5 Å². The van der Waals surface area contributed by atoms with Gasteiger partial charge in [0, 0.05) is 41.4 Å². The lowest BCUT2D eigenvalue weighted by atomic mass is 9.80. The van der Waals surface area contributed by atoms with E-state index in [2.05, 4.69) is 22.5 Å². The van der Waals surface area contributed by atoms with Gasteiger partial charge in [0.1, 0.15) is 0 Å². The number of aliphatic imine (C=N–C) groups is 1. The molecule has 0 heterocycles. The number of hydrogen-bond donors (Lipinski definition) is 2. The molecule has 0 spiro atoms. The lowest BCUT2D eigenvalue weighted by Gasteiger charge is -2.32. The fourth-order valence-corrected chi connectivity index (χ4v) is 5.41. The summed E-state index contributed by atoms with van der Waals surface area (Å²) in [7, 11) is 1.19. The van der Waals surface area contributed by atoms with Crippen LogP contribution < -0.4 is 10.6 Å². The van der Waals surface area contributed by atoms with Crippen molar-refractivity contribution in [3.8, 4) is 0 Å². The lowest BCUT2D eigenvalue weighted by molar-refractivity contribution is 0.255. The normalized spacial score (nSPS) is 34.0. The largest absolute Gasteiger partial charge is 0.356 e. The van der Waals surface area contributed by atoms with Gasteiger partial charge < -0.3 is 10.6 Å². The van der Waals surface area contributed by atoms with Crippen molar-refractivity contribution in [2.45, 2.75) is 76.5 Å². The highest BCUT2D eigenvalue weighted by molar-refractivity contribution is 7.85. The molecule has 0 saturated heterocycles. The van der Waals surface area contributed by atoms with Crippen molar-refractivity contribution in [3.63, 3.8) is 0 Å². The van der Waals surface area contributed by atoms with Crippen LogP contribution in [0.3, 0.4) is 0 Å². The van der Waals surface area contributed by atoms with Gasteiger partial charge in [0.25, 0.3) is 0 Å². The minimum absolute atomic E-state index is 0.364. The molecule has 2 aliphatic rings. The second-order valence-corrected chi connectivity index (χ2v) is 9.28. The summed E-state index contributed by atoms with van der Waals surface area (Å²) < 4.78 is 12.1. The van der Waals surface area contributed by atoms with Crippen LogP contribution in [0, 0.1) is 11.8 Å². The Morgan fingerprint density at radius 3 is 2.65 bits per heavy atom. The van der Waals surface area contributed by atoms with E-state index < -0.39 is 10.8 Å². The molecule has 2 aliphatic carbocycles. The Kier molecular flexibility index (Phi) is 7.87. The van der Waals surface area contributed by atoms with Crippen molar-refractivity contribution in [2.75, 3.05) is 19.3 Å². The van der Waals surface area contributed by atoms with Crippen LogP contribution in [0.15, 0.2) is 4.99 Å². The Hall–Kier alpha value is -0.580. The van der Waals surface area contributed by atoms with E-state index in [0.717, 1.165) is 49.4 Å². The van der Waals surface area contributed by atoms with E-state index in [1.54, 1.807) is 0 Å². The average Bonchev–Trinajstić information content (AvgIpc) is 2.59. The van der Waals surface area contributed by atoms with Crippen LogP contribution in [0.5, 0.6) is 0 Å². The van der Waals surface area contributed by atoms with Crippen molar-refractivity contribution >= 4 is 16.8 Å². The Bertz CT molecular complexity index is 413. The predicted octanol–water partition coefficient (Wildman–Crippen LogP) is 3.06. The number of nitrogens with zero attached hydrogens (tertiary/aromatic N) is 1. The first-order valence-electron chi connectivity index (χ1n) is 9.48. The number of hydrogen-bond acceptors (Lipinski definition) is 2. The number of nitrogens with one attached hydrogen (secondary N) is 2. The maximum Gasteiger partial charge on any atom is 0.191 e. The summed E-state index contributed by atoms with van der Waals surface area (Å²) in [6.07, 6.45) is 9.93. The molecule has 2 saturated carbocycles. The SMILES string of the molecule is CCS(=O)C1CCCC(NC(=NC)NCC2CCCCC2C)C1. The molecule has 0 aliphatic heterocycles. The molecule has 134 valence electrons. The van der Waals surface area contributed by atoms with E-state index >= 15 is 0 Å². The Balaban J connectivity index is 1.78. The standard InChI is InChI=1S/C18H35N3OS/c1-4-23(22)17-11-7-10-16(12-17)21-18(19-3)20-13-15-9-6-5-8-14(15)2/h14-17H,4-13H2,1-3H3,(H2,19,20,21). The first kappa shape index (κ1) is 18.8. The zero-order chi connectivity index (χ0) is 16.7. The van der Waals surface area contributed by atoms with Gasteiger partial charge in [0.15, 0.2) is 5.96 Å². The Morgan fingerprint density at radius 1 is 1.17 bits per heavy atom. The van der Waals surface area contributed by atoms with Crippen molar-refractivity contribution in [2.24, 2.45) is 16.8 Å². The molecule has 0 aromatic carbocycles. The first-order valence-corrected chi connectivity index (χ1v) is 10.9. The predicted molar refractivity (Wildman–Crippen MR) is 100 cm³/mol. The highest BCUT2D eigenvalue weighted by Crippen LogP contribution is 2.29. The van der Waals surface area contributed by atoms with Crippen LogP contribution >= 0.6 is 0 Å². The van der Waals surface area contributed by atoms with Gasteiger partial charge in [-0.2, -0.15) is 0 Å². The molecule has 5 atom stereocenters. The topological polar surface area (TPSA) is 53.5 Å². The van der Waals surface area contributed by atoms with Gasteiger partial charge in [0.2, 0.25) is 0 Å². The van der Waals surface area contributed by atoms with Gasteiger partial charge in [-0.3, -0.25) is 9.20 Å². The van der Waals surface area contributed by atoms with Gasteiger partial charge in [0.05, 0.1) is 0 Å². The molecule has 0 radical (unpaired) electrons. The van der Waals surface area contributed by atoms with Crippen molar-refractivity contribution < 1.29 is 4.21 Å². The van der Waals surface area contributed by atoms with E-state index in [9.17, 15) is 4.21 Å². The molecule has 2 N–H and O–H groups in total. The molecule has 2 rings (SSSR count). The zero-order valence-corrected chi connectivity index (χ0v) is 16.0. The van der Waals surface area contributed by atoms with Crippen LogP contribution in [0.4, 0.5) is 0 Å². The second kappa shape index (κ2) is 9.65. The maximum atomic E-state index is 12.1. The summed E-state index contributed by atoms with van der Waals surface area (Å²) in [5, 5.41) is 7.47. The Morgan fingerprint density at radius 2 is 1.96 bits per heavy atom. The monoisotopic (exact) mass is 341 g/mol. The molecule has 0 bridgehead atoms. The van der Waals surface area contributed by atoms with E-state index in [4.69, 9.17) is 0 Å². The van der Waals surface area contributed by atoms with Crippen molar-refractivity contribution in [1.82, 2.24) is 10.6 Å². The van der Waals surface area contributed by atoms with E-state index in [1.165, 1.54) is 32.1 Å². The van der Waals surface area contributed by atoms with E-state index in [0.29, 0.717) is 11.3 Å². The van der Waals surface area contributed by atoms with Gasteiger partial charge in [-0.05, 0) is 37.5 Å². The highest BCUT2D eigenvalue weighted by atomic mass is 32.2. The van der Waals surface area contributed by atoms with Crippen LogP contribution in [-0.4, -0.2) is 40.8 Å². The Labute approximate surface area is 144 Å². The van der Waals surface area contributed by atoms with Gasteiger partial charge >= 0.3 is 0 Å². The summed E-state index contributed by atoms with van der Waals surface area (Å²) in [6, 6.07) is 0.416. The second-order valence-electron chi connectivity index (χ2n) is 7.27. The summed E-state index contributed by atoms with van der Waals surface area (Å²) in [5.41, 5.74) is 0. The van der Waals surface area contributed by atoms with Crippen LogP contribution in [-0.2, 0) is 10.8 Å². The van der Waals surface area contributed by atoms with E-state index in [-0.39, 0.29) is 0 Å². The number of guanidine groups is 1. The first-order chi connectivity index (χ1) is 11.1. The highest BCUT2D eigenvalue weighted by Gasteiger charge is 2.26. The molecule has 0 aromatic rings. The third kappa shape index (κ3) is 5.77. The molecule has 0 amide bonds. The molecule has 5 unspecified atom stereocenters. The minimum atomic E-state index is -0.664. The van der Waals surface area contributed by atoms with Crippen molar-refractivity contribution in [1.29, 1.82) is 0 Å². The average molecular weight is 342 g/mol. The molecule has 5 heteroatoms. The molecular weight excluding hydrogens is 306 g/mol. The third-order valence-electron chi connectivity index (χ3n) is 5.67. The summed E-state index contributed by atoms with van der Waals surface area (Å²) in [4.78, 5) is 4.40. The fraction of sp³-hybridized carbons (Fsp3) is 0.944. The van der Waals surface area contributed by atoms with E-state index in [1.807, 2.05) is 14.0 Å². The summed E-state index contributed by atoms with van der Waals surface area (Å²) in [5.74, 6) is 3.30. The molecule has 23 heavy (non-hydrogen) atoms.